The molecule has 2 unspecified atom stereocenters. The highest BCUT2D eigenvalue weighted by atomic mass is 35.5. The van der Waals surface area contributed by atoms with Crippen LogP contribution in [-0.4, -0.2) is 45.3 Å². The molecule has 0 amide bonds. The fourth-order valence-corrected chi connectivity index (χ4v) is 5.41. The Morgan fingerprint density at radius 1 is 1.10 bits per heavy atom. The number of hydrogen-bond acceptors (Lipinski definition) is 4. The molecular weight excluding hydrogens is 406 g/mol. The summed E-state index contributed by atoms with van der Waals surface area (Å²) in [7, 11) is -3.17. The summed E-state index contributed by atoms with van der Waals surface area (Å²) in [5.41, 5.74) is 2.85. The topological polar surface area (TPSA) is 46.6 Å². The van der Waals surface area contributed by atoms with Gasteiger partial charge in [0.2, 0.25) is 0 Å². The number of ether oxygens (including phenoxy) is 1. The summed E-state index contributed by atoms with van der Waals surface area (Å²) in [6.07, 6.45) is 7.00. The van der Waals surface area contributed by atoms with E-state index < -0.39 is 9.84 Å². The Bertz CT molecular complexity index is 959. The van der Waals surface area contributed by atoms with E-state index in [1.54, 1.807) is 24.3 Å². The van der Waals surface area contributed by atoms with Crippen molar-refractivity contribution in [1.82, 2.24) is 4.90 Å². The zero-order valence-electron chi connectivity index (χ0n) is 16.8. The van der Waals surface area contributed by atoms with Crippen molar-refractivity contribution < 1.29 is 13.2 Å². The molecule has 0 aromatic heterocycles. The Hall–Kier alpha value is -1.56. The SMILES string of the molecule is CS(=O)(=O)c1ccc(OCC2CCCN(C3CCc4ccc(Cl)cc4C3)C2)cc1. The van der Waals surface area contributed by atoms with Crippen molar-refractivity contribution in [3.63, 3.8) is 0 Å². The summed E-state index contributed by atoms with van der Waals surface area (Å²) in [6, 6.07) is 13.6. The Morgan fingerprint density at radius 2 is 1.90 bits per heavy atom. The lowest BCUT2D eigenvalue weighted by atomic mass is 9.86. The van der Waals surface area contributed by atoms with E-state index in [1.165, 1.54) is 36.6 Å². The van der Waals surface area contributed by atoms with Gasteiger partial charge in [-0.05, 0) is 86.2 Å². The molecule has 1 heterocycles. The molecule has 1 aliphatic heterocycles. The van der Waals surface area contributed by atoms with Gasteiger partial charge in [0.1, 0.15) is 5.75 Å². The molecule has 0 bridgehead atoms. The van der Waals surface area contributed by atoms with Crippen LogP contribution in [0, 0.1) is 5.92 Å². The highest BCUT2D eigenvalue weighted by Crippen LogP contribution is 2.30. The second-order valence-corrected chi connectivity index (χ2v) is 10.8. The van der Waals surface area contributed by atoms with Gasteiger partial charge in [-0.1, -0.05) is 17.7 Å². The minimum atomic E-state index is -3.17. The van der Waals surface area contributed by atoms with Crippen molar-refractivity contribution in [3.8, 4) is 5.75 Å². The van der Waals surface area contributed by atoms with E-state index in [-0.39, 0.29) is 0 Å². The van der Waals surface area contributed by atoms with Crippen LogP contribution in [0.5, 0.6) is 5.75 Å². The minimum Gasteiger partial charge on any atom is -0.493 e. The van der Waals surface area contributed by atoms with Gasteiger partial charge in [0.15, 0.2) is 9.84 Å². The number of benzene rings is 2. The van der Waals surface area contributed by atoms with E-state index in [4.69, 9.17) is 16.3 Å². The Kier molecular flexibility index (Phi) is 6.19. The van der Waals surface area contributed by atoms with Gasteiger partial charge in [0.05, 0.1) is 11.5 Å². The molecule has 4 rings (SSSR count). The first-order valence-electron chi connectivity index (χ1n) is 10.3. The number of likely N-dealkylation sites (tertiary alicyclic amines) is 1. The number of rotatable bonds is 5. The molecule has 6 heteroatoms. The van der Waals surface area contributed by atoms with Crippen LogP contribution in [0.1, 0.15) is 30.4 Å². The first-order valence-corrected chi connectivity index (χ1v) is 12.6. The number of sulfone groups is 1. The van der Waals surface area contributed by atoms with Crippen molar-refractivity contribution in [3.05, 3.63) is 58.6 Å². The molecule has 4 nitrogen and oxygen atoms in total. The fraction of sp³-hybridized carbons (Fsp3) is 0.478. The first-order chi connectivity index (χ1) is 13.9. The van der Waals surface area contributed by atoms with Crippen molar-refractivity contribution in [2.45, 2.75) is 43.0 Å². The van der Waals surface area contributed by atoms with Crippen LogP contribution in [0.15, 0.2) is 47.4 Å². The number of fused-ring (bicyclic) bond motifs is 1. The fourth-order valence-electron chi connectivity index (χ4n) is 4.58. The molecule has 0 saturated carbocycles. The zero-order chi connectivity index (χ0) is 20.4. The molecule has 29 heavy (non-hydrogen) atoms. The van der Waals surface area contributed by atoms with Crippen LogP contribution in [0.2, 0.25) is 5.02 Å². The van der Waals surface area contributed by atoms with Crippen LogP contribution in [0.4, 0.5) is 0 Å². The second-order valence-electron chi connectivity index (χ2n) is 8.37. The van der Waals surface area contributed by atoms with Gasteiger partial charge < -0.3 is 4.74 Å². The number of aryl methyl sites for hydroxylation is 1. The lowest BCUT2D eigenvalue weighted by Crippen LogP contribution is -2.46. The monoisotopic (exact) mass is 433 g/mol. The van der Waals surface area contributed by atoms with Gasteiger partial charge in [-0.15, -0.1) is 0 Å². The van der Waals surface area contributed by atoms with Crippen molar-refractivity contribution in [2.75, 3.05) is 26.0 Å². The average Bonchev–Trinajstić information content (AvgIpc) is 2.71. The lowest BCUT2D eigenvalue weighted by molar-refractivity contribution is 0.0881. The highest BCUT2D eigenvalue weighted by molar-refractivity contribution is 7.90. The summed E-state index contributed by atoms with van der Waals surface area (Å²) in [4.78, 5) is 2.96. The minimum absolute atomic E-state index is 0.325. The number of nitrogens with zero attached hydrogens (tertiary/aromatic N) is 1. The van der Waals surface area contributed by atoms with E-state index in [0.717, 1.165) is 36.7 Å². The largest absolute Gasteiger partial charge is 0.493 e. The van der Waals surface area contributed by atoms with Crippen LogP contribution in [0.3, 0.4) is 0 Å². The summed E-state index contributed by atoms with van der Waals surface area (Å²) in [6.45, 7) is 2.88. The Balaban J connectivity index is 1.33. The van der Waals surface area contributed by atoms with Crippen LogP contribution < -0.4 is 4.74 Å². The maximum absolute atomic E-state index is 11.6. The molecule has 1 fully saturated rings. The van der Waals surface area contributed by atoms with Gasteiger partial charge in [-0.2, -0.15) is 0 Å². The number of hydrogen-bond donors (Lipinski definition) is 0. The molecular formula is C23H28ClNO3S. The highest BCUT2D eigenvalue weighted by Gasteiger charge is 2.29. The van der Waals surface area contributed by atoms with Crippen LogP contribution >= 0.6 is 11.6 Å². The zero-order valence-corrected chi connectivity index (χ0v) is 18.4. The van der Waals surface area contributed by atoms with Crippen molar-refractivity contribution in [2.24, 2.45) is 5.92 Å². The number of halogens is 1. The third-order valence-electron chi connectivity index (χ3n) is 6.18. The third kappa shape index (κ3) is 5.14. The van der Waals surface area contributed by atoms with E-state index in [0.29, 0.717) is 23.5 Å². The molecule has 1 saturated heterocycles. The molecule has 2 aromatic carbocycles. The molecule has 2 aliphatic rings. The van der Waals surface area contributed by atoms with Crippen molar-refractivity contribution in [1.29, 1.82) is 0 Å². The third-order valence-corrected chi connectivity index (χ3v) is 7.54. The quantitative estimate of drug-likeness (QED) is 0.701. The summed E-state index contributed by atoms with van der Waals surface area (Å²) < 4.78 is 29.1. The summed E-state index contributed by atoms with van der Waals surface area (Å²) in [5.74, 6) is 1.23. The van der Waals surface area contributed by atoms with E-state index in [9.17, 15) is 8.42 Å². The molecule has 2 atom stereocenters. The molecule has 2 aromatic rings. The standard InChI is InChI=1S/C23H28ClNO3S/c1-29(26,27)23-10-8-22(9-11-23)28-16-17-3-2-12-25(15-17)21-7-5-18-4-6-20(24)13-19(18)14-21/h4,6,8-11,13,17,21H,2-3,5,7,12,14-16H2,1H3. The predicted molar refractivity (Wildman–Crippen MR) is 117 cm³/mol. The van der Waals surface area contributed by atoms with Gasteiger partial charge in [-0.25, -0.2) is 8.42 Å². The molecule has 156 valence electrons. The van der Waals surface area contributed by atoms with Gasteiger partial charge in [0, 0.05) is 29.8 Å². The smallest absolute Gasteiger partial charge is 0.175 e. The van der Waals surface area contributed by atoms with E-state index in [2.05, 4.69) is 17.0 Å². The molecule has 0 N–H and O–H groups in total. The van der Waals surface area contributed by atoms with Gasteiger partial charge in [-0.3, -0.25) is 4.90 Å². The Labute approximate surface area is 178 Å². The van der Waals surface area contributed by atoms with Gasteiger partial charge in [0.25, 0.3) is 0 Å². The molecule has 1 aliphatic carbocycles. The van der Waals surface area contributed by atoms with Gasteiger partial charge >= 0.3 is 0 Å². The molecule has 0 radical (unpaired) electrons. The summed E-state index contributed by atoms with van der Waals surface area (Å²) in [5, 5.41) is 0.830. The van der Waals surface area contributed by atoms with E-state index in [1.807, 2.05) is 6.07 Å². The maximum atomic E-state index is 11.6. The number of piperidine rings is 1. The average molecular weight is 434 g/mol. The lowest BCUT2D eigenvalue weighted by Gasteiger charge is -2.40. The normalized spacial score (nSPS) is 22.8. The predicted octanol–water partition coefficient (Wildman–Crippen LogP) is 4.39. The molecule has 0 spiro atoms. The summed E-state index contributed by atoms with van der Waals surface area (Å²) >= 11 is 6.20. The maximum Gasteiger partial charge on any atom is 0.175 e. The second kappa shape index (κ2) is 8.66. The first kappa shape index (κ1) is 20.7. The van der Waals surface area contributed by atoms with E-state index >= 15 is 0 Å². The van der Waals surface area contributed by atoms with Crippen LogP contribution in [0.25, 0.3) is 0 Å². The Morgan fingerprint density at radius 3 is 2.66 bits per heavy atom. The van der Waals surface area contributed by atoms with Crippen molar-refractivity contribution >= 4 is 21.4 Å². The van der Waals surface area contributed by atoms with Crippen LogP contribution in [-0.2, 0) is 22.7 Å².